The van der Waals surface area contributed by atoms with Gasteiger partial charge in [-0.25, -0.2) is 4.68 Å². The van der Waals surface area contributed by atoms with E-state index in [9.17, 15) is 4.79 Å². The van der Waals surface area contributed by atoms with Gasteiger partial charge in [0.25, 0.3) is 12.2 Å². The molecule has 1 aromatic heterocycles. The summed E-state index contributed by atoms with van der Waals surface area (Å²) in [5, 5.41) is 14.7. The smallest absolute Gasteiger partial charge is 0.292 e. The summed E-state index contributed by atoms with van der Waals surface area (Å²) in [6, 6.07) is 16.0. The van der Waals surface area contributed by atoms with Crippen LogP contribution in [0, 0.1) is 11.5 Å². The molecular weight excluding hydrogens is 551 g/mol. The molecule has 0 bridgehead atoms. The van der Waals surface area contributed by atoms with Crippen LogP contribution in [-0.4, -0.2) is 40.3 Å². The van der Waals surface area contributed by atoms with E-state index in [-0.39, 0.29) is 18.2 Å². The zero-order chi connectivity index (χ0) is 28.8. The van der Waals surface area contributed by atoms with E-state index >= 15 is 0 Å². The second kappa shape index (κ2) is 10.4. The third-order valence-corrected chi connectivity index (χ3v) is 7.26. The molecule has 8 nitrogen and oxygen atoms in total. The second-order valence-electron chi connectivity index (χ2n) is 10.3. The lowest BCUT2D eigenvalue weighted by Crippen LogP contribution is -2.43. The Bertz CT molecular complexity index is 1660. The van der Waals surface area contributed by atoms with Crippen LogP contribution in [-0.2, 0) is 6.61 Å². The van der Waals surface area contributed by atoms with Gasteiger partial charge in [-0.15, -0.1) is 5.26 Å². The van der Waals surface area contributed by atoms with Crippen LogP contribution in [0.25, 0.3) is 28.1 Å². The molecule has 0 spiro atoms. The van der Waals surface area contributed by atoms with E-state index in [0.717, 1.165) is 11.1 Å². The Balaban J connectivity index is 1.78. The molecule has 0 saturated heterocycles. The molecule has 4 aromatic rings. The second-order valence-corrected chi connectivity index (χ2v) is 11.2. The number of fused-ring (bicyclic) bond motifs is 3. The van der Waals surface area contributed by atoms with Crippen molar-refractivity contribution >= 4 is 29.1 Å². The number of aromatic nitrogens is 2. The lowest BCUT2D eigenvalue weighted by molar-refractivity contribution is 0.0646. The van der Waals surface area contributed by atoms with E-state index < -0.39 is 5.54 Å². The van der Waals surface area contributed by atoms with Crippen LogP contribution >= 0.6 is 23.2 Å². The Hall–Kier alpha value is -4.19. The summed E-state index contributed by atoms with van der Waals surface area (Å²) in [7, 11) is 3.33. The third-order valence-electron chi connectivity index (χ3n) is 6.83. The molecule has 3 aromatic carbocycles. The highest BCUT2D eigenvalue weighted by molar-refractivity contribution is 6.34. The minimum Gasteiger partial charge on any atom is -0.496 e. The van der Waals surface area contributed by atoms with Gasteiger partial charge in [0.1, 0.15) is 23.9 Å². The van der Waals surface area contributed by atoms with Crippen LogP contribution < -0.4 is 14.2 Å². The number of hydrogen-bond donors (Lipinski definition) is 0. The number of ether oxygens (including phenoxy) is 3. The molecule has 0 N–H and O–H groups in total. The fourth-order valence-corrected chi connectivity index (χ4v) is 5.05. The topological polar surface area (TPSA) is 89.6 Å². The Kier molecular flexibility index (Phi) is 7.13. The standard InChI is InChI=1S/C30H26Cl2N4O4/c1-30(2,3)35(4)29(37)27-24-15-39-26-14-25(38-5)22(17-7-6-8-21(9-17)40-16-33)13-23(26)28(24)36(34-27)20-11-18(31)10-19(32)12-20/h6-14H,15H2,1-5H3. The predicted molar refractivity (Wildman–Crippen MR) is 153 cm³/mol. The first kappa shape index (κ1) is 27.4. The first-order valence-corrected chi connectivity index (χ1v) is 13.2. The van der Waals surface area contributed by atoms with E-state index in [1.54, 1.807) is 72.5 Å². The molecule has 5 rings (SSSR count). The molecular formula is C30H26Cl2N4O4. The number of halogens is 2. The van der Waals surface area contributed by atoms with Crippen molar-refractivity contribution in [3.8, 4) is 51.6 Å². The Morgan fingerprint density at radius 2 is 1.82 bits per heavy atom. The Morgan fingerprint density at radius 1 is 1.10 bits per heavy atom. The van der Waals surface area contributed by atoms with E-state index in [4.69, 9.17) is 47.8 Å². The predicted octanol–water partition coefficient (Wildman–Crippen LogP) is 7.14. The van der Waals surface area contributed by atoms with E-state index in [0.29, 0.717) is 49.8 Å². The summed E-state index contributed by atoms with van der Waals surface area (Å²) >= 11 is 12.7. The first-order chi connectivity index (χ1) is 19.0. The van der Waals surface area contributed by atoms with Crippen molar-refractivity contribution in [2.75, 3.05) is 14.2 Å². The number of carbonyl (C=O) groups excluding carboxylic acids is 1. The number of hydrogen-bond acceptors (Lipinski definition) is 6. The maximum atomic E-state index is 13.7. The van der Waals surface area contributed by atoms with Gasteiger partial charge in [0, 0.05) is 45.4 Å². The molecule has 1 amide bonds. The zero-order valence-electron chi connectivity index (χ0n) is 22.6. The van der Waals surface area contributed by atoms with Gasteiger partial charge >= 0.3 is 0 Å². The van der Waals surface area contributed by atoms with Gasteiger partial charge in [-0.05, 0) is 62.7 Å². The number of nitrogens with zero attached hydrogens (tertiary/aromatic N) is 4. The van der Waals surface area contributed by atoms with Crippen LogP contribution in [0.3, 0.4) is 0 Å². The normalized spacial score (nSPS) is 12.1. The van der Waals surface area contributed by atoms with Crippen molar-refractivity contribution in [3.63, 3.8) is 0 Å². The molecule has 0 unspecified atom stereocenters. The van der Waals surface area contributed by atoms with Crippen LogP contribution in [0.2, 0.25) is 10.0 Å². The minimum atomic E-state index is -0.433. The molecule has 0 aliphatic carbocycles. The quantitative estimate of drug-likeness (QED) is 0.234. The highest BCUT2D eigenvalue weighted by Crippen LogP contribution is 2.46. The van der Waals surface area contributed by atoms with E-state index in [2.05, 4.69) is 0 Å². The largest absolute Gasteiger partial charge is 0.496 e. The number of benzene rings is 3. The summed E-state index contributed by atoms with van der Waals surface area (Å²) in [5.74, 6) is 1.29. The van der Waals surface area contributed by atoms with Crippen molar-refractivity contribution in [1.82, 2.24) is 14.7 Å². The summed E-state index contributed by atoms with van der Waals surface area (Å²) in [4.78, 5) is 15.4. The van der Waals surface area contributed by atoms with Crippen molar-refractivity contribution in [1.29, 1.82) is 5.26 Å². The fraction of sp³-hybridized carbons (Fsp3) is 0.233. The summed E-state index contributed by atoms with van der Waals surface area (Å²) < 4.78 is 18.6. The fourth-order valence-electron chi connectivity index (χ4n) is 4.54. The maximum Gasteiger partial charge on any atom is 0.292 e. The Labute approximate surface area is 242 Å². The number of rotatable bonds is 5. The molecule has 0 atom stereocenters. The summed E-state index contributed by atoms with van der Waals surface area (Å²) in [5.41, 5.74) is 3.96. The van der Waals surface area contributed by atoms with E-state index in [1.807, 2.05) is 32.9 Å². The van der Waals surface area contributed by atoms with Gasteiger partial charge < -0.3 is 19.1 Å². The number of amides is 1. The highest BCUT2D eigenvalue weighted by Gasteiger charge is 2.34. The van der Waals surface area contributed by atoms with Crippen LogP contribution in [0.4, 0.5) is 0 Å². The van der Waals surface area contributed by atoms with Crippen molar-refractivity contribution < 1.29 is 19.0 Å². The van der Waals surface area contributed by atoms with Crippen molar-refractivity contribution in [2.45, 2.75) is 32.9 Å². The SMILES string of the molecule is COc1cc2c(cc1-c1cccc(OC#N)c1)-c1c(c(C(=O)N(C)C(C)(C)C)nn1-c1cc(Cl)cc(Cl)c1)CO2. The van der Waals surface area contributed by atoms with Gasteiger partial charge in [0.2, 0.25) is 0 Å². The molecule has 0 radical (unpaired) electrons. The van der Waals surface area contributed by atoms with Crippen LogP contribution in [0.15, 0.2) is 54.6 Å². The molecule has 204 valence electrons. The Morgan fingerprint density at radius 3 is 2.48 bits per heavy atom. The van der Waals surface area contributed by atoms with Crippen LogP contribution in [0.5, 0.6) is 17.2 Å². The van der Waals surface area contributed by atoms with Gasteiger partial charge in [-0.3, -0.25) is 4.79 Å². The van der Waals surface area contributed by atoms with Gasteiger partial charge in [-0.1, -0.05) is 35.3 Å². The molecule has 1 aliphatic heterocycles. The van der Waals surface area contributed by atoms with Crippen LogP contribution in [0.1, 0.15) is 36.8 Å². The monoisotopic (exact) mass is 576 g/mol. The average molecular weight is 577 g/mol. The number of methoxy groups -OCH3 is 1. The summed E-state index contributed by atoms with van der Waals surface area (Å²) in [6.07, 6.45) is 1.70. The molecule has 0 saturated carbocycles. The lowest BCUT2D eigenvalue weighted by atomic mass is 9.95. The maximum absolute atomic E-state index is 13.7. The van der Waals surface area contributed by atoms with Crippen molar-refractivity contribution in [3.05, 3.63) is 75.9 Å². The average Bonchev–Trinajstić information content (AvgIpc) is 3.31. The number of nitriles is 1. The molecule has 10 heteroatoms. The van der Waals surface area contributed by atoms with Gasteiger partial charge in [0.05, 0.1) is 18.5 Å². The van der Waals surface area contributed by atoms with Gasteiger partial charge in [0.15, 0.2) is 5.69 Å². The molecule has 1 aliphatic rings. The molecule has 40 heavy (non-hydrogen) atoms. The molecule has 2 heterocycles. The number of carbonyl (C=O) groups is 1. The third kappa shape index (κ3) is 4.94. The zero-order valence-corrected chi connectivity index (χ0v) is 24.1. The lowest BCUT2D eigenvalue weighted by Gasteiger charge is -2.31. The minimum absolute atomic E-state index is 0.129. The van der Waals surface area contributed by atoms with Crippen molar-refractivity contribution in [2.24, 2.45) is 0 Å². The molecule has 0 fully saturated rings. The summed E-state index contributed by atoms with van der Waals surface area (Å²) in [6.45, 7) is 6.00. The highest BCUT2D eigenvalue weighted by atomic mass is 35.5. The van der Waals surface area contributed by atoms with E-state index in [1.165, 1.54) is 0 Å². The van der Waals surface area contributed by atoms with Gasteiger partial charge in [-0.2, -0.15) is 5.10 Å². The first-order valence-electron chi connectivity index (χ1n) is 12.4.